The molecule has 0 atom stereocenters. The molecule has 0 saturated carbocycles. The molecule has 2 aromatic rings. The molecule has 1 amide bonds. The summed E-state index contributed by atoms with van der Waals surface area (Å²) in [5, 5.41) is 7.33. The molecule has 1 heterocycles. The third-order valence-electron chi connectivity index (χ3n) is 3.51. The molecule has 0 fully saturated rings. The van der Waals surface area contributed by atoms with Crippen molar-refractivity contribution in [1.82, 2.24) is 9.78 Å². The molecule has 118 valence electrons. The number of hydrogen-bond acceptors (Lipinski definition) is 2. The fourth-order valence-electron chi connectivity index (χ4n) is 2.50. The molecule has 4 heteroatoms. The summed E-state index contributed by atoms with van der Waals surface area (Å²) in [5.41, 5.74) is 3.38. The molecule has 4 nitrogen and oxygen atoms in total. The highest BCUT2D eigenvalue weighted by atomic mass is 16.1. The summed E-state index contributed by atoms with van der Waals surface area (Å²) in [7, 11) is 0. The van der Waals surface area contributed by atoms with Crippen molar-refractivity contribution >= 4 is 11.6 Å². The molecule has 0 aliphatic rings. The number of hydrogen-bond donors (Lipinski definition) is 1. The maximum absolute atomic E-state index is 12.3. The van der Waals surface area contributed by atoms with Gasteiger partial charge in [-0.05, 0) is 57.9 Å². The van der Waals surface area contributed by atoms with Crippen molar-refractivity contribution in [3.05, 3.63) is 47.3 Å². The highest BCUT2D eigenvalue weighted by Crippen LogP contribution is 2.18. The molecule has 2 rings (SSSR count). The van der Waals surface area contributed by atoms with Crippen LogP contribution in [0.1, 0.15) is 55.9 Å². The van der Waals surface area contributed by atoms with Gasteiger partial charge in [0.15, 0.2) is 5.69 Å². The number of aryl methyl sites for hydroxylation is 2. The Morgan fingerprint density at radius 3 is 2.36 bits per heavy atom. The number of rotatable bonds is 4. The topological polar surface area (TPSA) is 46.9 Å². The number of benzene rings is 1. The van der Waals surface area contributed by atoms with Crippen molar-refractivity contribution in [2.75, 3.05) is 5.32 Å². The Balaban J connectivity index is 2.12. The summed E-state index contributed by atoms with van der Waals surface area (Å²) < 4.78 is 1.88. The van der Waals surface area contributed by atoms with Crippen LogP contribution in [0.2, 0.25) is 0 Å². The lowest BCUT2D eigenvalue weighted by molar-refractivity contribution is 0.102. The second kappa shape index (κ2) is 6.34. The SMILES string of the molecule is CCCc1ccc(NC(=O)c2cc(C)n(C(C)(C)C)n2)cc1. The van der Waals surface area contributed by atoms with Crippen LogP contribution in [0.5, 0.6) is 0 Å². The largest absolute Gasteiger partial charge is 0.321 e. The van der Waals surface area contributed by atoms with Crippen LogP contribution in [0.3, 0.4) is 0 Å². The van der Waals surface area contributed by atoms with Crippen molar-refractivity contribution in [3.63, 3.8) is 0 Å². The Hall–Kier alpha value is -2.10. The van der Waals surface area contributed by atoms with Crippen LogP contribution >= 0.6 is 0 Å². The summed E-state index contributed by atoms with van der Waals surface area (Å²) in [5.74, 6) is -0.172. The van der Waals surface area contributed by atoms with Gasteiger partial charge in [0.05, 0.1) is 5.54 Å². The van der Waals surface area contributed by atoms with Gasteiger partial charge in [-0.2, -0.15) is 5.10 Å². The van der Waals surface area contributed by atoms with Gasteiger partial charge in [-0.25, -0.2) is 0 Å². The van der Waals surface area contributed by atoms with Crippen molar-refractivity contribution in [1.29, 1.82) is 0 Å². The Kier molecular flexibility index (Phi) is 4.69. The predicted molar refractivity (Wildman–Crippen MR) is 90.4 cm³/mol. The molecule has 0 saturated heterocycles. The molecule has 1 aromatic heterocycles. The number of aromatic nitrogens is 2. The Morgan fingerprint density at radius 1 is 1.23 bits per heavy atom. The van der Waals surface area contributed by atoms with E-state index in [-0.39, 0.29) is 11.4 Å². The van der Waals surface area contributed by atoms with Crippen LogP contribution in [0.4, 0.5) is 5.69 Å². The van der Waals surface area contributed by atoms with Gasteiger partial charge in [0.1, 0.15) is 0 Å². The molecular formula is C18H25N3O. The zero-order valence-corrected chi connectivity index (χ0v) is 14.1. The molecule has 0 bridgehead atoms. The summed E-state index contributed by atoms with van der Waals surface area (Å²) >= 11 is 0. The fourth-order valence-corrected chi connectivity index (χ4v) is 2.50. The predicted octanol–water partition coefficient (Wildman–Crippen LogP) is 4.15. The normalized spacial score (nSPS) is 11.5. The first-order valence-corrected chi connectivity index (χ1v) is 7.78. The third-order valence-corrected chi connectivity index (χ3v) is 3.51. The van der Waals surface area contributed by atoms with E-state index in [1.165, 1.54) is 5.56 Å². The first-order chi connectivity index (χ1) is 10.3. The molecule has 0 radical (unpaired) electrons. The first kappa shape index (κ1) is 16.3. The summed E-state index contributed by atoms with van der Waals surface area (Å²) in [6.45, 7) is 10.3. The van der Waals surface area contributed by atoms with Crippen LogP contribution in [0.25, 0.3) is 0 Å². The van der Waals surface area contributed by atoms with Crippen molar-refractivity contribution < 1.29 is 4.79 Å². The van der Waals surface area contributed by atoms with E-state index in [1.807, 2.05) is 29.8 Å². The van der Waals surface area contributed by atoms with E-state index >= 15 is 0 Å². The van der Waals surface area contributed by atoms with Crippen LogP contribution in [0.15, 0.2) is 30.3 Å². The van der Waals surface area contributed by atoms with E-state index in [2.05, 4.69) is 50.2 Å². The maximum Gasteiger partial charge on any atom is 0.276 e. The van der Waals surface area contributed by atoms with Gasteiger partial charge in [-0.3, -0.25) is 9.48 Å². The lowest BCUT2D eigenvalue weighted by atomic mass is 10.1. The lowest BCUT2D eigenvalue weighted by Gasteiger charge is -2.21. The van der Waals surface area contributed by atoms with E-state index in [0.717, 1.165) is 24.2 Å². The zero-order chi connectivity index (χ0) is 16.3. The average Bonchev–Trinajstić information content (AvgIpc) is 2.83. The molecular weight excluding hydrogens is 274 g/mol. The standard InChI is InChI=1S/C18H25N3O/c1-6-7-14-8-10-15(11-9-14)19-17(22)16-12-13(2)21(20-16)18(3,4)5/h8-12H,6-7H2,1-5H3,(H,19,22). The molecule has 1 aromatic carbocycles. The second-order valence-corrected chi connectivity index (χ2v) is 6.65. The minimum absolute atomic E-state index is 0.135. The number of anilines is 1. The molecule has 0 spiro atoms. The van der Waals surface area contributed by atoms with E-state index in [1.54, 1.807) is 0 Å². The molecule has 0 unspecified atom stereocenters. The smallest absolute Gasteiger partial charge is 0.276 e. The van der Waals surface area contributed by atoms with Gasteiger partial charge in [0.25, 0.3) is 5.91 Å². The van der Waals surface area contributed by atoms with E-state index in [9.17, 15) is 4.79 Å². The molecule has 1 N–H and O–H groups in total. The van der Waals surface area contributed by atoms with Crippen molar-refractivity contribution in [2.45, 2.75) is 53.0 Å². The highest BCUT2D eigenvalue weighted by Gasteiger charge is 2.20. The van der Waals surface area contributed by atoms with E-state index < -0.39 is 0 Å². The van der Waals surface area contributed by atoms with Crippen LogP contribution in [-0.2, 0) is 12.0 Å². The average molecular weight is 299 g/mol. The summed E-state index contributed by atoms with van der Waals surface area (Å²) in [6, 6.07) is 9.81. The number of nitrogens with zero attached hydrogens (tertiary/aromatic N) is 2. The Morgan fingerprint density at radius 2 is 1.86 bits per heavy atom. The highest BCUT2D eigenvalue weighted by molar-refractivity contribution is 6.02. The van der Waals surface area contributed by atoms with Crippen LogP contribution in [0, 0.1) is 6.92 Å². The van der Waals surface area contributed by atoms with Crippen LogP contribution in [-0.4, -0.2) is 15.7 Å². The van der Waals surface area contributed by atoms with Gasteiger partial charge < -0.3 is 5.32 Å². The minimum atomic E-state index is -0.172. The number of carbonyl (C=O) groups is 1. The van der Waals surface area contributed by atoms with Crippen molar-refractivity contribution in [3.8, 4) is 0 Å². The van der Waals surface area contributed by atoms with E-state index in [4.69, 9.17) is 0 Å². The quantitative estimate of drug-likeness (QED) is 0.921. The Bertz CT molecular complexity index is 648. The molecule has 0 aliphatic heterocycles. The number of amides is 1. The van der Waals surface area contributed by atoms with Gasteiger partial charge in [-0.15, -0.1) is 0 Å². The molecule has 0 aliphatic carbocycles. The van der Waals surface area contributed by atoms with Gasteiger partial charge in [0.2, 0.25) is 0 Å². The zero-order valence-electron chi connectivity index (χ0n) is 14.1. The summed E-state index contributed by atoms with van der Waals surface area (Å²) in [4.78, 5) is 12.3. The lowest BCUT2D eigenvalue weighted by Crippen LogP contribution is -2.25. The first-order valence-electron chi connectivity index (χ1n) is 7.78. The third kappa shape index (κ3) is 3.75. The van der Waals surface area contributed by atoms with Crippen molar-refractivity contribution in [2.24, 2.45) is 0 Å². The maximum atomic E-state index is 12.3. The number of nitrogens with one attached hydrogen (secondary N) is 1. The molecule has 22 heavy (non-hydrogen) atoms. The Labute approximate surface area is 132 Å². The van der Waals surface area contributed by atoms with Gasteiger partial charge >= 0.3 is 0 Å². The number of carbonyl (C=O) groups excluding carboxylic acids is 1. The summed E-state index contributed by atoms with van der Waals surface area (Å²) in [6.07, 6.45) is 2.18. The van der Waals surface area contributed by atoms with Crippen LogP contribution < -0.4 is 5.32 Å². The second-order valence-electron chi connectivity index (χ2n) is 6.65. The van der Waals surface area contributed by atoms with Gasteiger partial charge in [-0.1, -0.05) is 25.5 Å². The minimum Gasteiger partial charge on any atom is -0.321 e. The monoisotopic (exact) mass is 299 g/mol. The fraction of sp³-hybridized carbons (Fsp3) is 0.444. The van der Waals surface area contributed by atoms with Gasteiger partial charge in [0, 0.05) is 11.4 Å². The van der Waals surface area contributed by atoms with E-state index in [0.29, 0.717) is 5.69 Å².